The predicted molar refractivity (Wildman–Crippen MR) is 74.5 cm³/mol. The molecule has 0 aliphatic rings. The van der Waals surface area contributed by atoms with Gasteiger partial charge in [-0.3, -0.25) is 0 Å². The molecule has 2 aromatic rings. The Morgan fingerprint density at radius 3 is 2.71 bits per heavy atom. The molecule has 0 spiro atoms. The van der Waals surface area contributed by atoms with Crippen molar-refractivity contribution in [2.24, 2.45) is 5.73 Å². The summed E-state index contributed by atoms with van der Waals surface area (Å²) in [6.45, 7) is 7.03. The number of hydrogen-bond donors (Lipinski definition) is 1. The first-order valence-corrected chi connectivity index (χ1v) is 6.67. The first-order valence-electron chi connectivity index (χ1n) is 5.86. The van der Waals surface area contributed by atoms with Gasteiger partial charge in [0.15, 0.2) is 0 Å². The van der Waals surface area contributed by atoms with Crippen molar-refractivity contribution in [2.45, 2.75) is 27.2 Å². The van der Waals surface area contributed by atoms with Crippen LogP contribution < -0.4 is 5.73 Å². The van der Waals surface area contributed by atoms with Gasteiger partial charge in [0.2, 0.25) is 0 Å². The maximum absolute atomic E-state index is 5.60. The van der Waals surface area contributed by atoms with Crippen LogP contribution in [-0.2, 0) is 6.42 Å². The van der Waals surface area contributed by atoms with Crippen molar-refractivity contribution in [1.82, 2.24) is 4.98 Å². The summed E-state index contributed by atoms with van der Waals surface area (Å²) in [4.78, 5) is 5.99. The Hall–Kier alpha value is -1.19. The van der Waals surface area contributed by atoms with E-state index in [4.69, 9.17) is 10.7 Å². The van der Waals surface area contributed by atoms with Crippen molar-refractivity contribution < 1.29 is 0 Å². The molecule has 0 aliphatic carbocycles. The molecule has 2 nitrogen and oxygen atoms in total. The smallest absolute Gasteiger partial charge is 0.124 e. The van der Waals surface area contributed by atoms with Crippen molar-refractivity contribution in [3.8, 4) is 10.6 Å². The van der Waals surface area contributed by atoms with E-state index in [-0.39, 0.29) is 0 Å². The fraction of sp³-hybridized carbons (Fsp3) is 0.357. The summed E-state index contributed by atoms with van der Waals surface area (Å²) in [6.07, 6.45) is 0.868. The van der Waals surface area contributed by atoms with Gasteiger partial charge in [-0.2, -0.15) is 0 Å². The molecule has 0 amide bonds. The number of rotatable bonds is 3. The van der Waals surface area contributed by atoms with E-state index in [1.165, 1.54) is 21.6 Å². The highest BCUT2D eigenvalue weighted by Crippen LogP contribution is 2.30. The molecule has 0 saturated carbocycles. The van der Waals surface area contributed by atoms with Crippen LogP contribution >= 0.6 is 11.3 Å². The molecule has 0 radical (unpaired) electrons. The van der Waals surface area contributed by atoms with Gasteiger partial charge in [-0.25, -0.2) is 4.98 Å². The highest BCUT2D eigenvalue weighted by Gasteiger charge is 2.10. The third kappa shape index (κ3) is 2.56. The molecule has 0 unspecified atom stereocenters. The third-order valence-corrected chi connectivity index (χ3v) is 3.94. The second-order valence-corrected chi connectivity index (χ2v) is 5.58. The normalized spacial score (nSPS) is 10.8. The van der Waals surface area contributed by atoms with Gasteiger partial charge < -0.3 is 5.73 Å². The number of nitrogens with zero attached hydrogens (tertiary/aromatic N) is 1. The van der Waals surface area contributed by atoms with E-state index >= 15 is 0 Å². The first kappa shape index (κ1) is 12.3. The van der Waals surface area contributed by atoms with Crippen LogP contribution in [-0.4, -0.2) is 11.5 Å². The zero-order chi connectivity index (χ0) is 12.4. The minimum absolute atomic E-state index is 0.664. The average Bonchev–Trinajstić information content (AvgIpc) is 2.64. The van der Waals surface area contributed by atoms with Gasteiger partial charge in [-0.05, 0) is 38.9 Å². The molecule has 1 aromatic heterocycles. The van der Waals surface area contributed by atoms with Gasteiger partial charge in [0.1, 0.15) is 5.01 Å². The van der Waals surface area contributed by atoms with Gasteiger partial charge in [0.05, 0.1) is 5.69 Å². The summed E-state index contributed by atoms with van der Waals surface area (Å²) < 4.78 is 0. The largest absolute Gasteiger partial charge is 0.330 e. The average molecular weight is 246 g/mol. The van der Waals surface area contributed by atoms with E-state index in [9.17, 15) is 0 Å². The fourth-order valence-electron chi connectivity index (χ4n) is 1.88. The second-order valence-electron chi connectivity index (χ2n) is 4.38. The van der Waals surface area contributed by atoms with Gasteiger partial charge >= 0.3 is 0 Å². The first-order chi connectivity index (χ1) is 8.11. The van der Waals surface area contributed by atoms with Crippen molar-refractivity contribution in [3.63, 3.8) is 0 Å². The van der Waals surface area contributed by atoms with Crippen molar-refractivity contribution in [2.75, 3.05) is 6.54 Å². The summed E-state index contributed by atoms with van der Waals surface area (Å²) >= 11 is 1.76. The Morgan fingerprint density at radius 2 is 2.00 bits per heavy atom. The molecule has 2 N–H and O–H groups in total. The summed E-state index contributed by atoms with van der Waals surface area (Å²) in [6, 6.07) is 6.50. The number of benzene rings is 1. The topological polar surface area (TPSA) is 38.9 Å². The maximum Gasteiger partial charge on any atom is 0.124 e. The second kappa shape index (κ2) is 4.98. The zero-order valence-corrected chi connectivity index (χ0v) is 11.4. The van der Waals surface area contributed by atoms with Crippen molar-refractivity contribution >= 4 is 11.3 Å². The molecule has 0 bridgehead atoms. The number of aryl methyl sites for hydroxylation is 3. The Kier molecular flexibility index (Phi) is 3.60. The number of thiazole rings is 1. The van der Waals surface area contributed by atoms with Crippen LogP contribution in [0.1, 0.15) is 21.7 Å². The number of hydrogen-bond acceptors (Lipinski definition) is 3. The molecule has 0 fully saturated rings. The molecule has 0 aliphatic heterocycles. The highest BCUT2D eigenvalue weighted by molar-refractivity contribution is 7.15. The lowest BCUT2D eigenvalue weighted by molar-refractivity contribution is 0.927. The molecule has 90 valence electrons. The number of nitrogens with two attached hydrogens (primary N) is 1. The highest BCUT2D eigenvalue weighted by atomic mass is 32.1. The molecule has 1 heterocycles. The zero-order valence-electron chi connectivity index (χ0n) is 10.6. The summed E-state index contributed by atoms with van der Waals surface area (Å²) in [5, 5.41) is 1.12. The van der Waals surface area contributed by atoms with Crippen LogP contribution in [0.4, 0.5) is 0 Å². The lowest BCUT2D eigenvalue weighted by Gasteiger charge is -2.03. The molecule has 3 heteroatoms. The van der Waals surface area contributed by atoms with E-state index in [1.54, 1.807) is 11.3 Å². The van der Waals surface area contributed by atoms with Crippen LogP contribution in [0.15, 0.2) is 18.2 Å². The van der Waals surface area contributed by atoms with E-state index in [1.807, 2.05) is 0 Å². The van der Waals surface area contributed by atoms with E-state index in [0.717, 1.165) is 17.1 Å². The molecule has 0 saturated heterocycles. The van der Waals surface area contributed by atoms with Crippen molar-refractivity contribution in [3.05, 3.63) is 39.9 Å². The summed E-state index contributed by atoms with van der Waals surface area (Å²) in [5.74, 6) is 0. The van der Waals surface area contributed by atoms with Gasteiger partial charge in [-0.15, -0.1) is 11.3 Å². The minimum atomic E-state index is 0.664. The van der Waals surface area contributed by atoms with Gasteiger partial charge in [0, 0.05) is 16.9 Å². The van der Waals surface area contributed by atoms with E-state index in [0.29, 0.717) is 6.54 Å². The molecule has 17 heavy (non-hydrogen) atoms. The molecular formula is C14H18N2S. The monoisotopic (exact) mass is 246 g/mol. The fourth-order valence-corrected chi connectivity index (χ4v) is 2.92. The lowest BCUT2D eigenvalue weighted by atomic mass is 10.1. The molecule has 2 rings (SSSR count). The minimum Gasteiger partial charge on any atom is -0.330 e. The van der Waals surface area contributed by atoms with Gasteiger partial charge in [-0.1, -0.05) is 17.7 Å². The Bertz CT molecular complexity index is 529. The van der Waals surface area contributed by atoms with Crippen LogP contribution in [0.3, 0.4) is 0 Å². The SMILES string of the molecule is Cc1ccc(C)c(-c2nc(CCN)c(C)s2)c1. The van der Waals surface area contributed by atoms with E-state index in [2.05, 4.69) is 39.0 Å². The Balaban J connectivity index is 2.45. The molecule has 0 atom stereocenters. The Morgan fingerprint density at radius 1 is 1.24 bits per heavy atom. The van der Waals surface area contributed by atoms with Crippen LogP contribution in [0.5, 0.6) is 0 Å². The summed E-state index contributed by atoms with van der Waals surface area (Å²) in [5.41, 5.74) is 10.6. The van der Waals surface area contributed by atoms with Crippen LogP contribution in [0, 0.1) is 20.8 Å². The third-order valence-electron chi connectivity index (χ3n) is 2.90. The standard InChI is InChI=1S/C14H18N2S/c1-9-4-5-10(2)12(8-9)14-16-13(6-7-15)11(3)17-14/h4-5,8H,6-7,15H2,1-3H3. The van der Waals surface area contributed by atoms with Gasteiger partial charge in [0.25, 0.3) is 0 Å². The van der Waals surface area contributed by atoms with Crippen LogP contribution in [0.2, 0.25) is 0 Å². The molecular weight excluding hydrogens is 228 g/mol. The summed E-state index contributed by atoms with van der Waals surface area (Å²) in [7, 11) is 0. The number of aromatic nitrogens is 1. The van der Waals surface area contributed by atoms with E-state index < -0.39 is 0 Å². The lowest BCUT2D eigenvalue weighted by Crippen LogP contribution is -2.03. The van der Waals surface area contributed by atoms with Crippen molar-refractivity contribution in [1.29, 1.82) is 0 Å². The van der Waals surface area contributed by atoms with Crippen LogP contribution in [0.25, 0.3) is 10.6 Å². The Labute approximate surface area is 107 Å². The quantitative estimate of drug-likeness (QED) is 0.903. The predicted octanol–water partition coefficient (Wildman–Crippen LogP) is 3.24. The maximum atomic E-state index is 5.60. The molecule has 1 aromatic carbocycles.